The Balaban J connectivity index is 2.15. The van der Waals surface area contributed by atoms with Crippen LogP contribution in [0.25, 0.3) is 0 Å². The lowest BCUT2D eigenvalue weighted by atomic mass is 10.4. The zero-order valence-electron chi connectivity index (χ0n) is 7.22. The molecule has 1 N–H and O–H groups in total. The third-order valence-electron chi connectivity index (χ3n) is 1.46. The maximum Gasteiger partial charge on any atom is 0.307 e. The molecule has 0 saturated heterocycles. The molecule has 0 aliphatic heterocycles. The number of aryl methyl sites for hydroxylation is 1. The van der Waals surface area contributed by atoms with Crippen molar-refractivity contribution >= 4 is 5.97 Å². The van der Waals surface area contributed by atoms with Gasteiger partial charge in [0.05, 0.1) is 19.6 Å². The SMILES string of the molecule is O=C(CCn1cccn1)OCCO. The predicted molar refractivity (Wildman–Crippen MR) is 44.9 cm³/mol. The molecule has 0 fully saturated rings. The first-order valence-electron chi connectivity index (χ1n) is 4.07. The molecular formula is C8H12N2O3. The van der Waals surface area contributed by atoms with Crippen LogP contribution in [0.4, 0.5) is 0 Å². The van der Waals surface area contributed by atoms with Crippen molar-refractivity contribution in [3.63, 3.8) is 0 Å². The molecule has 0 saturated carbocycles. The lowest BCUT2D eigenvalue weighted by molar-refractivity contribution is -0.144. The number of esters is 1. The molecule has 0 aromatic carbocycles. The second-order valence-electron chi connectivity index (χ2n) is 2.46. The molecule has 0 atom stereocenters. The number of nitrogens with zero attached hydrogens (tertiary/aromatic N) is 2. The minimum atomic E-state index is -0.315. The molecule has 5 heteroatoms. The third kappa shape index (κ3) is 3.71. The molecule has 0 spiro atoms. The Morgan fingerprint density at radius 3 is 3.08 bits per heavy atom. The number of aromatic nitrogens is 2. The summed E-state index contributed by atoms with van der Waals surface area (Å²) in [6, 6.07) is 1.79. The quantitative estimate of drug-likeness (QED) is 0.644. The maximum absolute atomic E-state index is 10.9. The van der Waals surface area contributed by atoms with Crippen LogP contribution >= 0.6 is 0 Å². The summed E-state index contributed by atoms with van der Waals surface area (Å²) in [6.45, 7) is 0.447. The first-order valence-corrected chi connectivity index (χ1v) is 4.07. The first kappa shape index (κ1) is 9.73. The largest absolute Gasteiger partial charge is 0.463 e. The van der Waals surface area contributed by atoms with Crippen LogP contribution < -0.4 is 0 Å². The van der Waals surface area contributed by atoms with Gasteiger partial charge in [-0.05, 0) is 6.07 Å². The van der Waals surface area contributed by atoms with Gasteiger partial charge in [0.1, 0.15) is 6.61 Å². The van der Waals surface area contributed by atoms with Crippen molar-refractivity contribution in [1.82, 2.24) is 9.78 Å². The summed E-state index contributed by atoms with van der Waals surface area (Å²) in [5, 5.41) is 12.3. The number of carbonyl (C=O) groups excluding carboxylic acids is 1. The highest BCUT2D eigenvalue weighted by atomic mass is 16.5. The van der Waals surface area contributed by atoms with Gasteiger partial charge in [-0.1, -0.05) is 0 Å². The van der Waals surface area contributed by atoms with E-state index in [0.717, 1.165) is 0 Å². The average molecular weight is 184 g/mol. The molecule has 1 heterocycles. The van der Waals surface area contributed by atoms with Crippen molar-refractivity contribution < 1.29 is 14.6 Å². The molecule has 1 rings (SSSR count). The Hall–Kier alpha value is -1.36. The fraction of sp³-hybridized carbons (Fsp3) is 0.500. The molecule has 13 heavy (non-hydrogen) atoms. The number of hydrogen-bond donors (Lipinski definition) is 1. The third-order valence-corrected chi connectivity index (χ3v) is 1.46. The fourth-order valence-corrected chi connectivity index (χ4v) is 0.870. The monoisotopic (exact) mass is 184 g/mol. The van der Waals surface area contributed by atoms with Crippen LogP contribution in [-0.4, -0.2) is 34.1 Å². The van der Waals surface area contributed by atoms with E-state index in [1.807, 2.05) is 0 Å². The van der Waals surface area contributed by atoms with E-state index < -0.39 is 0 Å². The summed E-state index contributed by atoms with van der Waals surface area (Å²) in [6.07, 6.45) is 3.71. The van der Waals surface area contributed by atoms with Crippen LogP contribution in [0, 0.1) is 0 Å². The predicted octanol–water partition coefficient (Wildman–Crippen LogP) is -0.191. The molecule has 0 aliphatic rings. The molecule has 0 radical (unpaired) electrons. The van der Waals surface area contributed by atoms with Gasteiger partial charge in [0.2, 0.25) is 0 Å². The minimum absolute atomic E-state index is 0.0674. The highest BCUT2D eigenvalue weighted by Gasteiger charge is 2.02. The van der Waals surface area contributed by atoms with Crippen molar-refractivity contribution in [2.75, 3.05) is 13.2 Å². The van der Waals surface area contributed by atoms with E-state index in [0.29, 0.717) is 6.54 Å². The van der Waals surface area contributed by atoms with Crippen molar-refractivity contribution in [2.45, 2.75) is 13.0 Å². The van der Waals surface area contributed by atoms with E-state index in [9.17, 15) is 4.79 Å². The van der Waals surface area contributed by atoms with Crippen LogP contribution in [0.2, 0.25) is 0 Å². The van der Waals surface area contributed by atoms with Crippen molar-refractivity contribution in [3.8, 4) is 0 Å². The van der Waals surface area contributed by atoms with Gasteiger partial charge in [0.25, 0.3) is 0 Å². The van der Waals surface area contributed by atoms with Crippen LogP contribution in [0.15, 0.2) is 18.5 Å². The van der Waals surface area contributed by atoms with E-state index in [1.165, 1.54) is 0 Å². The van der Waals surface area contributed by atoms with E-state index in [-0.39, 0.29) is 25.6 Å². The van der Waals surface area contributed by atoms with Crippen LogP contribution in [0.3, 0.4) is 0 Å². The minimum Gasteiger partial charge on any atom is -0.463 e. The Labute approximate surface area is 75.9 Å². The topological polar surface area (TPSA) is 64.4 Å². The van der Waals surface area contributed by atoms with E-state index >= 15 is 0 Å². The standard InChI is InChI=1S/C8H12N2O3/c11-6-7-13-8(12)2-5-10-4-1-3-9-10/h1,3-4,11H,2,5-7H2. The smallest absolute Gasteiger partial charge is 0.307 e. The number of carbonyl (C=O) groups is 1. The van der Waals surface area contributed by atoms with Gasteiger partial charge in [0.15, 0.2) is 0 Å². The van der Waals surface area contributed by atoms with Gasteiger partial charge in [-0.15, -0.1) is 0 Å². The Bertz CT molecular complexity index is 246. The summed E-state index contributed by atoms with van der Waals surface area (Å²) >= 11 is 0. The summed E-state index contributed by atoms with van der Waals surface area (Å²) in [7, 11) is 0. The van der Waals surface area contributed by atoms with Crippen molar-refractivity contribution in [1.29, 1.82) is 0 Å². The maximum atomic E-state index is 10.9. The lowest BCUT2D eigenvalue weighted by Gasteiger charge is -2.02. The Morgan fingerprint density at radius 1 is 1.62 bits per heavy atom. The van der Waals surface area contributed by atoms with E-state index in [1.54, 1.807) is 23.1 Å². The van der Waals surface area contributed by atoms with Crippen LogP contribution in [0.1, 0.15) is 6.42 Å². The highest BCUT2D eigenvalue weighted by molar-refractivity contribution is 5.69. The highest BCUT2D eigenvalue weighted by Crippen LogP contribution is 1.91. The van der Waals surface area contributed by atoms with Crippen LogP contribution in [-0.2, 0) is 16.1 Å². The zero-order valence-corrected chi connectivity index (χ0v) is 7.22. The fourth-order valence-electron chi connectivity index (χ4n) is 0.870. The van der Waals surface area contributed by atoms with Crippen LogP contribution in [0.5, 0.6) is 0 Å². The molecule has 0 amide bonds. The summed E-state index contributed by atoms with van der Waals surface area (Å²) in [5.74, 6) is -0.315. The molecule has 0 unspecified atom stereocenters. The Morgan fingerprint density at radius 2 is 2.46 bits per heavy atom. The second kappa shape index (κ2) is 5.31. The van der Waals surface area contributed by atoms with Crippen molar-refractivity contribution in [3.05, 3.63) is 18.5 Å². The zero-order chi connectivity index (χ0) is 9.52. The van der Waals surface area contributed by atoms with Gasteiger partial charge in [-0.2, -0.15) is 5.10 Å². The molecular weight excluding hydrogens is 172 g/mol. The first-order chi connectivity index (χ1) is 6.33. The molecule has 5 nitrogen and oxygen atoms in total. The van der Waals surface area contributed by atoms with Gasteiger partial charge >= 0.3 is 5.97 Å². The summed E-state index contributed by atoms with van der Waals surface area (Å²) in [5.41, 5.74) is 0. The summed E-state index contributed by atoms with van der Waals surface area (Å²) in [4.78, 5) is 10.9. The number of rotatable bonds is 5. The number of aliphatic hydroxyl groups excluding tert-OH is 1. The number of ether oxygens (including phenoxy) is 1. The molecule has 0 bridgehead atoms. The lowest BCUT2D eigenvalue weighted by Crippen LogP contribution is -2.11. The van der Waals surface area contributed by atoms with Gasteiger partial charge in [-0.3, -0.25) is 9.48 Å². The number of aliphatic hydroxyl groups is 1. The van der Waals surface area contributed by atoms with E-state index in [4.69, 9.17) is 5.11 Å². The molecule has 0 aliphatic carbocycles. The Kier molecular flexibility index (Phi) is 3.98. The normalized spacial score (nSPS) is 9.92. The number of hydrogen-bond acceptors (Lipinski definition) is 4. The van der Waals surface area contributed by atoms with Gasteiger partial charge < -0.3 is 9.84 Å². The molecule has 72 valence electrons. The van der Waals surface area contributed by atoms with E-state index in [2.05, 4.69) is 9.84 Å². The van der Waals surface area contributed by atoms with Gasteiger partial charge in [0, 0.05) is 12.4 Å². The average Bonchev–Trinajstić information content (AvgIpc) is 2.64. The second-order valence-corrected chi connectivity index (χ2v) is 2.46. The molecule has 1 aromatic rings. The summed E-state index contributed by atoms with van der Waals surface area (Å²) < 4.78 is 6.31. The molecule has 1 aromatic heterocycles. The van der Waals surface area contributed by atoms with Gasteiger partial charge in [-0.25, -0.2) is 0 Å². The van der Waals surface area contributed by atoms with Crippen molar-refractivity contribution in [2.24, 2.45) is 0 Å².